The van der Waals surface area contributed by atoms with E-state index in [1.807, 2.05) is 25.3 Å². The zero-order chi connectivity index (χ0) is 18.6. The molecule has 7 nitrogen and oxygen atoms in total. The highest BCUT2D eigenvalue weighted by Gasteiger charge is 2.26. The molecule has 4 heterocycles. The number of likely N-dealkylation sites (tertiary alicyclic amines) is 1. The molecule has 1 atom stereocenters. The number of aromatic nitrogens is 5. The fourth-order valence-electron chi connectivity index (χ4n) is 3.56. The van der Waals surface area contributed by atoms with E-state index in [4.69, 9.17) is 0 Å². The summed E-state index contributed by atoms with van der Waals surface area (Å²) < 4.78 is 1.58. The molecule has 1 saturated heterocycles. The highest BCUT2D eigenvalue weighted by atomic mass is 16.1. The Labute approximate surface area is 157 Å². The molecule has 1 aliphatic rings. The molecule has 0 spiro atoms. The minimum Gasteiger partial charge on any atom is -0.293 e. The fraction of sp³-hybridized carbons (Fsp3) is 0.350. The largest absolute Gasteiger partial charge is 0.293 e. The topological polar surface area (TPSA) is 76.8 Å². The van der Waals surface area contributed by atoms with Gasteiger partial charge in [0, 0.05) is 49.0 Å². The van der Waals surface area contributed by atoms with Crippen LogP contribution in [0.1, 0.15) is 24.2 Å². The van der Waals surface area contributed by atoms with Crippen molar-refractivity contribution in [2.45, 2.75) is 38.9 Å². The van der Waals surface area contributed by atoms with E-state index >= 15 is 0 Å². The molecule has 27 heavy (non-hydrogen) atoms. The molecule has 1 fully saturated rings. The second kappa shape index (κ2) is 7.75. The highest BCUT2D eigenvalue weighted by molar-refractivity contribution is 5.56. The van der Waals surface area contributed by atoms with Crippen molar-refractivity contribution in [3.05, 3.63) is 70.8 Å². The molecular weight excluding hydrogens is 340 g/mol. The lowest BCUT2D eigenvalue weighted by Gasteiger charge is -2.24. The molecule has 1 unspecified atom stereocenters. The molecule has 0 bridgehead atoms. The quantitative estimate of drug-likeness (QED) is 0.691. The fourth-order valence-corrected chi connectivity index (χ4v) is 3.56. The van der Waals surface area contributed by atoms with Crippen LogP contribution >= 0.6 is 0 Å². The maximum atomic E-state index is 12.3. The first kappa shape index (κ1) is 17.5. The minimum absolute atomic E-state index is 0.0789. The lowest BCUT2D eigenvalue weighted by Crippen LogP contribution is -2.36. The standard InChI is InChI=1S/C20H22N6O/c1-15-10-22-12-17(23-15)13-25-9-3-5-18(25)14-26-20(27)7-6-19(24-26)16-4-2-8-21-11-16/h2,4,6-8,10-12,18H,3,5,9,13-14H2,1H3. The van der Waals surface area contributed by atoms with E-state index in [1.165, 1.54) is 0 Å². The van der Waals surface area contributed by atoms with Gasteiger partial charge in [0.25, 0.3) is 5.56 Å². The molecular formula is C20H22N6O. The van der Waals surface area contributed by atoms with Crippen molar-refractivity contribution in [2.75, 3.05) is 6.54 Å². The van der Waals surface area contributed by atoms with Gasteiger partial charge in [-0.05, 0) is 44.5 Å². The van der Waals surface area contributed by atoms with Crippen LogP contribution in [0.25, 0.3) is 11.3 Å². The number of rotatable bonds is 5. The Morgan fingerprint density at radius 3 is 2.89 bits per heavy atom. The van der Waals surface area contributed by atoms with Crippen LogP contribution in [0, 0.1) is 6.92 Å². The van der Waals surface area contributed by atoms with Gasteiger partial charge >= 0.3 is 0 Å². The molecule has 0 amide bonds. The summed E-state index contributed by atoms with van der Waals surface area (Å²) in [5.74, 6) is 0. The summed E-state index contributed by atoms with van der Waals surface area (Å²) in [6, 6.07) is 7.42. The molecule has 7 heteroatoms. The Bertz CT molecular complexity index is 971. The van der Waals surface area contributed by atoms with Gasteiger partial charge in [0.1, 0.15) is 0 Å². The first-order chi connectivity index (χ1) is 13.2. The van der Waals surface area contributed by atoms with Gasteiger partial charge in [-0.25, -0.2) is 4.68 Å². The van der Waals surface area contributed by atoms with E-state index in [-0.39, 0.29) is 11.6 Å². The number of nitrogens with zero attached hydrogens (tertiary/aromatic N) is 6. The Hall–Kier alpha value is -2.93. The molecule has 0 radical (unpaired) electrons. The van der Waals surface area contributed by atoms with E-state index in [0.717, 1.165) is 48.6 Å². The SMILES string of the molecule is Cc1cncc(CN2CCCC2Cn2nc(-c3cccnc3)ccc2=O)n1. The number of pyridine rings is 1. The second-order valence-electron chi connectivity index (χ2n) is 6.90. The zero-order valence-corrected chi connectivity index (χ0v) is 15.3. The van der Waals surface area contributed by atoms with Gasteiger partial charge in [-0.1, -0.05) is 0 Å². The van der Waals surface area contributed by atoms with Crippen LogP contribution in [0.4, 0.5) is 0 Å². The Kier molecular flexibility index (Phi) is 5.02. The lowest BCUT2D eigenvalue weighted by atomic mass is 10.2. The van der Waals surface area contributed by atoms with E-state index in [9.17, 15) is 4.79 Å². The normalized spacial score (nSPS) is 17.3. The monoisotopic (exact) mass is 362 g/mol. The molecule has 3 aromatic rings. The Balaban J connectivity index is 1.53. The van der Waals surface area contributed by atoms with Gasteiger partial charge in [-0.15, -0.1) is 0 Å². The van der Waals surface area contributed by atoms with E-state index < -0.39 is 0 Å². The average molecular weight is 362 g/mol. The minimum atomic E-state index is -0.0789. The third-order valence-electron chi connectivity index (χ3n) is 4.88. The van der Waals surface area contributed by atoms with Crippen molar-refractivity contribution in [1.82, 2.24) is 29.6 Å². The summed E-state index contributed by atoms with van der Waals surface area (Å²) in [6.45, 7) is 4.27. The van der Waals surface area contributed by atoms with Crippen LogP contribution in [0.2, 0.25) is 0 Å². The van der Waals surface area contributed by atoms with Crippen molar-refractivity contribution in [1.29, 1.82) is 0 Å². The molecule has 0 N–H and O–H groups in total. The van der Waals surface area contributed by atoms with Crippen LogP contribution in [0.5, 0.6) is 0 Å². The first-order valence-corrected chi connectivity index (χ1v) is 9.19. The van der Waals surface area contributed by atoms with Gasteiger partial charge in [-0.3, -0.25) is 24.6 Å². The first-order valence-electron chi connectivity index (χ1n) is 9.19. The maximum absolute atomic E-state index is 12.3. The van der Waals surface area contributed by atoms with Crippen molar-refractivity contribution >= 4 is 0 Å². The van der Waals surface area contributed by atoms with Crippen LogP contribution in [-0.2, 0) is 13.1 Å². The van der Waals surface area contributed by atoms with Gasteiger partial charge < -0.3 is 0 Å². The maximum Gasteiger partial charge on any atom is 0.266 e. The van der Waals surface area contributed by atoms with E-state index in [0.29, 0.717) is 6.54 Å². The van der Waals surface area contributed by atoms with E-state index in [1.54, 1.807) is 35.4 Å². The van der Waals surface area contributed by atoms with Crippen LogP contribution in [-0.4, -0.2) is 42.2 Å². The van der Waals surface area contributed by atoms with Crippen molar-refractivity contribution in [3.8, 4) is 11.3 Å². The molecule has 4 rings (SSSR count). The molecule has 0 aliphatic carbocycles. The van der Waals surface area contributed by atoms with Crippen LogP contribution in [0.3, 0.4) is 0 Å². The summed E-state index contributed by atoms with van der Waals surface area (Å²) in [7, 11) is 0. The third-order valence-corrected chi connectivity index (χ3v) is 4.88. The summed E-state index contributed by atoms with van der Waals surface area (Å²) in [5.41, 5.74) is 3.47. The predicted octanol–water partition coefficient (Wildman–Crippen LogP) is 2.07. The smallest absolute Gasteiger partial charge is 0.266 e. The van der Waals surface area contributed by atoms with Gasteiger partial charge in [0.05, 0.1) is 23.6 Å². The van der Waals surface area contributed by atoms with Crippen molar-refractivity contribution in [2.24, 2.45) is 0 Å². The molecule has 0 saturated carbocycles. The summed E-state index contributed by atoms with van der Waals surface area (Å²) >= 11 is 0. The van der Waals surface area contributed by atoms with Crippen LogP contribution in [0.15, 0.2) is 53.8 Å². The number of hydrogen-bond acceptors (Lipinski definition) is 6. The van der Waals surface area contributed by atoms with Gasteiger partial charge in [-0.2, -0.15) is 5.10 Å². The highest BCUT2D eigenvalue weighted by Crippen LogP contribution is 2.21. The summed E-state index contributed by atoms with van der Waals surface area (Å²) in [5, 5.41) is 4.57. The zero-order valence-electron chi connectivity index (χ0n) is 15.3. The van der Waals surface area contributed by atoms with Crippen LogP contribution < -0.4 is 5.56 Å². The molecule has 138 valence electrons. The van der Waals surface area contributed by atoms with E-state index in [2.05, 4.69) is 25.0 Å². The number of hydrogen-bond donors (Lipinski definition) is 0. The van der Waals surface area contributed by atoms with Crippen molar-refractivity contribution in [3.63, 3.8) is 0 Å². The lowest BCUT2D eigenvalue weighted by molar-refractivity contribution is 0.214. The predicted molar refractivity (Wildman–Crippen MR) is 102 cm³/mol. The average Bonchev–Trinajstić information content (AvgIpc) is 3.11. The van der Waals surface area contributed by atoms with Crippen molar-refractivity contribution < 1.29 is 0 Å². The summed E-state index contributed by atoms with van der Waals surface area (Å²) in [4.78, 5) is 27.6. The third kappa shape index (κ3) is 4.09. The Morgan fingerprint density at radius 2 is 2.07 bits per heavy atom. The van der Waals surface area contributed by atoms with Gasteiger partial charge in [0.2, 0.25) is 0 Å². The molecule has 0 aromatic carbocycles. The second-order valence-corrected chi connectivity index (χ2v) is 6.90. The molecule has 3 aromatic heterocycles. The molecule has 1 aliphatic heterocycles. The number of aryl methyl sites for hydroxylation is 1. The van der Waals surface area contributed by atoms with Gasteiger partial charge in [0.15, 0.2) is 0 Å². The summed E-state index contributed by atoms with van der Waals surface area (Å²) in [6.07, 6.45) is 9.22. The Morgan fingerprint density at radius 1 is 1.15 bits per heavy atom.